The Morgan fingerprint density at radius 3 is 2.60 bits per heavy atom. The molecular weight excluding hydrogens is 332 g/mol. The second-order valence-electron chi connectivity index (χ2n) is 7.51. The smallest absolute Gasteiger partial charge is 0.193 e. The van der Waals surface area contributed by atoms with Crippen molar-refractivity contribution in [1.82, 2.24) is 0 Å². The number of hydrogen-bond acceptors (Lipinski definition) is 3. The van der Waals surface area contributed by atoms with Crippen molar-refractivity contribution in [2.45, 2.75) is 51.0 Å². The Kier molecular flexibility index (Phi) is 5.80. The normalized spacial score (nSPS) is 25.2. The van der Waals surface area contributed by atoms with E-state index in [4.69, 9.17) is 8.92 Å². The predicted octanol–water partition coefficient (Wildman–Crippen LogP) is 5.35. The quantitative estimate of drug-likeness (QED) is 0.721. The Labute approximate surface area is 153 Å². The van der Waals surface area contributed by atoms with Crippen molar-refractivity contribution in [3.05, 3.63) is 36.4 Å². The molecule has 2 aromatic carbocycles. The summed E-state index contributed by atoms with van der Waals surface area (Å²) in [5.74, 6) is 2.23. The van der Waals surface area contributed by atoms with Crippen LogP contribution in [0.2, 0.25) is 0 Å². The Hall–Kier alpha value is -1.39. The van der Waals surface area contributed by atoms with Gasteiger partial charge in [-0.2, -0.15) is 0 Å². The van der Waals surface area contributed by atoms with Gasteiger partial charge in [-0.25, -0.2) is 4.21 Å². The number of rotatable bonds is 5. The lowest BCUT2D eigenvalue weighted by molar-refractivity contribution is 0.0566. The Morgan fingerprint density at radius 2 is 1.88 bits per heavy atom. The first kappa shape index (κ1) is 18.4. The Balaban J connectivity index is 1.93. The molecule has 1 aliphatic rings. The molecule has 0 radical (unpaired) electrons. The molecule has 1 fully saturated rings. The molecular formula is C21H28O3S. The Morgan fingerprint density at radius 1 is 1.12 bits per heavy atom. The molecule has 4 unspecified atom stereocenters. The summed E-state index contributed by atoms with van der Waals surface area (Å²) in [6, 6.07) is 11.8. The third-order valence-electron chi connectivity index (χ3n) is 5.40. The highest BCUT2D eigenvalue weighted by Gasteiger charge is 2.33. The number of methoxy groups -OCH3 is 1. The monoisotopic (exact) mass is 360 g/mol. The zero-order valence-electron chi connectivity index (χ0n) is 15.5. The number of hydrogen-bond donors (Lipinski definition) is 0. The van der Waals surface area contributed by atoms with Crippen LogP contribution in [0.4, 0.5) is 0 Å². The van der Waals surface area contributed by atoms with Gasteiger partial charge in [0.2, 0.25) is 0 Å². The van der Waals surface area contributed by atoms with Gasteiger partial charge in [-0.15, -0.1) is 0 Å². The van der Waals surface area contributed by atoms with Crippen molar-refractivity contribution in [3.8, 4) is 5.75 Å². The Bertz CT molecular complexity index is 756. The van der Waals surface area contributed by atoms with Crippen LogP contribution < -0.4 is 4.74 Å². The van der Waals surface area contributed by atoms with E-state index in [0.717, 1.165) is 23.6 Å². The SMILES string of the molecule is COc1ccc2ccccc2c1S(=O)OC1CC(C)CCC1C(C)C. The number of benzene rings is 2. The second kappa shape index (κ2) is 7.88. The minimum atomic E-state index is -1.54. The molecule has 1 saturated carbocycles. The molecule has 0 heterocycles. The van der Waals surface area contributed by atoms with Crippen LogP contribution in [0.1, 0.15) is 40.0 Å². The van der Waals surface area contributed by atoms with Crippen molar-refractivity contribution in [2.24, 2.45) is 17.8 Å². The van der Waals surface area contributed by atoms with Crippen molar-refractivity contribution in [1.29, 1.82) is 0 Å². The summed E-state index contributed by atoms with van der Waals surface area (Å²) in [7, 11) is 1.62. The lowest BCUT2D eigenvalue weighted by Gasteiger charge is -2.36. The second-order valence-corrected chi connectivity index (χ2v) is 8.58. The number of ether oxygens (including phenoxy) is 1. The molecule has 3 rings (SSSR count). The first-order chi connectivity index (χ1) is 12.0. The zero-order chi connectivity index (χ0) is 18.0. The standard InChI is InChI=1S/C21H28O3S/c1-14(2)17-11-9-15(3)13-20(17)24-25(22)21-18-8-6-5-7-16(18)10-12-19(21)23-4/h5-8,10,12,14-15,17,20H,9,11,13H2,1-4H3. The summed E-state index contributed by atoms with van der Waals surface area (Å²) in [5, 5.41) is 1.98. The van der Waals surface area contributed by atoms with Crippen molar-refractivity contribution in [2.75, 3.05) is 7.11 Å². The van der Waals surface area contributed by atoms with Crippen LogP contribution in [0.25, 0.3) is 10.8 Å². The van der Waals surface area contributed by atoms with Crippen molar-refractivity contribution >= 4 is 21.9 Å². The van der Waals surface area contributed by atoms with Gasteiger partial charge < -0.3 is 4.74 Å². The molecule has 0 amide bonds. The molecule has 0 spiro atoms. The maximum atomic E-state index is 13.2. The van der Waals surface area contributed by atoms with Gasteiger partial charge in [-0.1, -0.05) is 57.5 Å². The average Bonchev–Trinajstić information content (AvgIpc) is 2.60. The van der Waals surface area contributed by atoms with Gasteiger partial charge in [-0.05, 0) is 42.0 Å². The summed E-state index contributed by atoms with van der Waals surface area (Å²) in [5.41, 5.74) is 0. The predicted molar refractivity (Wildman–Crippen MR) is 103 cm³/mol. The molecule has 4 heteroatoms. The van der Waals surface area contributed by atoms with Gasteiger partial charge in [0.25, 0.3) is 0 Å². The van der Waals surface area contributed by atoms with Gasteiger partial charge in [0.15, 0.2) is 11.1 Å². The van der Waals surface area contributed by atoms with Crippen LogP contribution in [-0.2, 0) is 15.3 Å². The molecule has 0 saturated heterocycles. The molecule has 4 atom stereocenters. The highest BCUT2D eigenvalue weighted by atomic mass is 32.2. The molecule has 2 aromatic rings. The van der Waals surface area contributed by atoms with E-state index in [0.29, 0.717) is 28.4 Å². The zero-order valence-corrected chi connectivity index (χ0v) is 16.3. The molecule has 0 aliphatic heterocycles. The third kappa shape index (κ3) is 3.90. The summed E-state index contributed by atoms with van der Waals surface area (Å²) in [6.07, 6.45) is 3.38. The van der Waals surface area contributed by atoms with Gasteiger partial charge in [0.05, 0.1) is 13.2 Å². The summed E-state index contributed by atoms with van der Waals surface area (Å²) >= 11 is -1.54. The van der Waals surface area contributed by atoms with E-state index >= 15 is 0 Å². The van der Waals surface area contributed by atoms with Crippen LogP contribution in [0.5, 0.6) is 5.75 Å². The van der Waals surface area contributed by atoms with Gasteiger partial charge >= 0.3 is 0 Å². The van der Waals surface area contributed by atoms with Crippen molar-refractivity contribution < 1.29 is 13.1 Å². The highest BCUT2D eigenvalue weighted by molar-refractivity contribution is 7.80. The minimum Gasteiger partial charge on any atom is -0.495 e. The fraction of sp³-hybridized carbons (Fsp3) is 0.524. The van der Waals surface area contributed by atoms with E-state index in [2.05, 4.69) is 20.8 Å². The van der Waals surface area contributed by atoms with E-state index in [9.17, 15) is 4.21 Å². The molecule has 3 nitrogen and oxygen atoms in total. The number of fused-ring (bicyclic) bond motifs is 1. The van der Waals surface area contributed by atoms with Gasteiger partial charge in [0.1, 0.15) is 10.6 Å². The van der Waals surface area contributed by atoms with E-state index < -0.39 is 11.1 Å². The van der Waals surface area contributed by atoms with E-state index in [1.807, 2.05) is 36.4 Å². The molecule has 0 bridgehead atoms. The topological polar surface area (TPSA) is 35.5 Å². The molecule has 1 aliphatic carbocycles. The van der Waals surface area contributed by atoms with Crippen LogP contribution in [0, 0.1) is 17.8 Å². The van der Waals surface area contributed by atoms with Crippen LogP contribution in [-0.4, -0.2) is 17.4 Å². The maximum absolute atomic E-state index is 13.2. The van der Waals surface area contributed by atoms with E-state index in [1.54, 1.807) is 7.11 Å². The lowest BCUT2D eigenvalue weighted by atomic mass is 9.75. The van der Waals surface area contributed by atoms with E-state index in [-0.39, 0.29) is 6.10 Å². The first-order valence-corrected chi connectivity index (χ1v) is 10.2. The first-order valence-electron chi connectivity index (χ1n) is 9.16. The van der Waals surface area contributed by atoms with Crippen LogP contribution in [0.3, 0.4) is 0 Å². The summed E-state index contributed by atoms with van der Waals surface area (Å²) in [6.45, 7) is 6.73. The fourth-order valence-electron chi connectivity index (χ4n) is 3.94. The van der Waals surface area contributed by atoms with Crippen LogP contribution in [0.15, 0.2) is 41.3 Å². The fourth-order valence-corrected chi connectivity index (χ4v) is 5.16. The molecule has 136 valence electrons. The molecule has 25 heavy (non-hydrogen) atoms. The van der Waals surface area contributed by atoms with Crippen molar-refractivity contribution in [3.63, 3.8) is 0 Å². The minimum absolute atomic E-state index is 0.0354. The largest absolute Gasteiger partial charge is 0.495 e. The third-order valence-corrected chi connectivity index (χ3v) is 6.58. The van der Waals surface area contributed by atoms with Gasteiger partial charge in [-0.3, -0.25) is 4.18 Å². The molecule has 0 N–H and O–H groups in total. The highest BCUT2D eigenvalue weighted by Crippen LogP contribution is 2.38. The van der Waals surface area contributed by atoms with Crippen LogP contribution >= 0.6 is 0 Å². The summed E-state index contributed by atoms with van der Waals surface area (Å²) < 4.78 is 24.8. The average molecular weight is 361 g/mol. The van der Waals surface area contributed by atoms with E-state index in [1.165, 1.54) is 6.42 Å². The lowest BCUT2D eigenvalue weighted by Crippen LogP contribution is -2.34. The molecule has 0 aromatic heterocycles. The summed E-state index contributed by atoms with van der Waals surface area (Å²) in [4.78, 5) is 0.654. The maximum Gasteiger partial charge on any atom is 0.193 e. The van der Waals surface area contributed by atoms with Gasteiger partial charge in [0, 0.05) is 5.39 Å².